The molecule has 6 heteroatoms. The van der Waals surface area contributed by atoms with Crippen molar-refractivity contribution in [3.63, 3.8) is 0 Å². The highest BCUT2D eigenvalue weighted by atomic mass is 16.5. The maximum atomic E-state index is 11.6. The lowest BCUT2D eigenvalue weighted by Gasteiger charge is -2.07. The summed E-state index contributed by atoms with van der Waals surface area (Å²) in [5.74, 6) is -0.542. The second kappa shape index (κ2) is 5.56. The third-order valence-corrected chi connectivity index (χ3v) is 2.75. The lowest BCUT2D eigenvalue weighted by atomic mass is 10.1. The molecule has 6 nitrogen and oxygen atoms in total. The molecular formula is C14H14N2O4. The monoisotopic (exact) mass is 274 g/mol. The van der Waals surface area contributed by atoms with Crippen molar-refractivity contribution < 1.29 is 14.6 Å². The van der Waals surface area contributed by atoms with Crippen LogP contribution in [0.2, 0.25) is 0 Å². The number of carboxylic acid groups (broad SMARTS) is 1. The Hall–Kier alpha value is -2.63. The zero-order valence-electron chi connectivity index (χ0n) is 11.2. The van der Waals surface area contributed by atoms with E-state index in [2.05, 4.69) is 5.10 Å². The quantitative estimate of drug-likeness (QED) is 0.914. The molecular weight excluding hydrogens is 260 g/mol. The molecule has 0 spiro atoms. The lowest BCUT2D eigenvalue weighted by Crippen LogP contribution is -2.26. The van der Waals surface area contributed by atoms with Crippen molar-refractivity contribution in [1.29, 1.82) is 0 Å². The van der Waals surface area contributed by atoms with Crippen molar-refractivity contribution in [1.82, 2.24) is 9.78 Å². The van der Waals surface area contributed by atoms with Crippen LogP contribution < -0.4 is 10.3 Å². The highest BCUT2D eigenvalue weighted by Gasteiger charge is 2.13. The first kappa shape index (κ1) is 13.8. The van der Waals surface area contributed by atoms with Gasteiger partial charge in [-0.2, -0.15) is 5.10 Å². The molecule has 2 aromatic rings. The molecule has 1 heterocycles. The Labute approximate surface area is 115 Å². The van der Waals surface area contributed by atoms with Crippen LogP contribution in [-0.2, 0) is 7.05 Å². The SMILES string of the molecule is CCOc1ccc(-c2cc(C(=O)O)c(=O)n(C)n2)cc1. The molecule has 0 unspecified atom stereocenters. The number of hydrogen-bond donors (Lipinski definition) is 1. The minimum atomic E-state index is -1.26. The lowest BCUT2D eigenvalue weighted by molar-refractivity contribution is 0.0694. The van der Waals surface area contributed by atoms with Gasteiger partial charge in [0.15, 0.2) is 0 Å². The minimum Gasteiger partial charge on any atom is -0.494 e. The summed E-state index contributed by atoms with van der Waals surface area (Å²) in [6, 6.07) is 8.35. The summed E-state index contributed by atoms with van der Waals surface area (Å²) in [5, 5.41) is 13.1. The summed E-state index contributed by atoms with van der Waals surface area (Å²) in [7, 11) is 1.42. The number of benzene rings is 1. The Bertz CT molecular complexity index is 689. The molecule has 0 saturated heterocycles. The first-order chi connectivity index (χ1) is 9.52. The topological polar surface area (TPSA) is 81.4 Å². The van der Waals surface area contributed by atoms with E-state index in [1.54, 1.807) is 24.3 Å². The second-order valence-electron chi connectivity index (χ2n) is 4.13. The number of aromatic nitrogens is 2. The molecule has 0 aliphatic heterocycles. The van der Waals surface area contributed by atoms with E-state index in [1.165, 1.54) is 13.1 Å². The van der Waals surface area contributed by atoms with E-state index in [0.717, 1.165) is 10.4 Å². The number of carbonyl (C=O) groups is 1. The number of carboxylic acids is 1. The van der Waals surface area contributed by atoms with Gasteiger partial charge in [-0.05, 0) is 37.3 Å². The Morgan fingerprint density at radius 3 is 2.55 bits per heavy atom. The Balaban J connectivity index is 2.47. The minimum absolute atomic E-state index is 0.300. The van der Waals surface area contributed by atoms with Crippen LogP contribution in [0.1, 0.15) is 17.3 Å². The zero-order valence-corrected chi connectivity index (χ0v) is 11.2. The van der Waals surface area contributed by atoms with E-state index >= 15 is 0 Å². The first-order valence-corrected chi connectivity index (χ1v) is 6.07. The summed E-state index contributed by atoms with van der Waals surface area (Å²) >= 11 is 0. The predicted octanol–water partition coefficient (Wildman–Crippen LogP) is 1.54. The van der Waals surface area contributed by atoms with Gasteiger partial charge in [-0.1, -0.05) is 0 Å². The van der Waals surface area contributed by atoms with Gasteiger partial charge in [-0.15, -0.1) is 0 Å². The van der Waals surface area contributed by atoms with Crippen LogP contribution in [0.25, 0.3) is 11.3 Å². The molecule has 104 valence electrons. The van der Waals surface area contributed by atoms with E-state index in [-0.39, 0.29) is 5.56 Å². The molecule has 0 radical (unpaired) electrons. The third kappa shape index (κ3) is 2.69. The molecule has 0 fully saturated rings. The Morgan fingerprint density at radius 1 is 1.35 bits per heavy atom. The van der Waals surface area contributed by atoms with Gasteiger partial charge in [0.1, 0.15) is 11.3 Å². The van der Waals surface area contributed by atoms with Gasteiger partial charge in [0.25, 0.3) is 5.56 Å². The van der Waals surface area contributed by atoms with Crippen molar-refractivity contribution in [2.24, 2.45) is 7.05 Å². The molecule has 2 rings (SSSR count). The van der Waals surface area contributed by atoms with Crippen LogP contribution in [0.3, 0.4) is 0 Å². The van der Waals surface area contributed by atoms with E-state index in [1.807, 2.05) is 6.92 Å². The maximum Gasteiger partial charge on any atom is 0.341 e. The van der Waals surface area contributed by atoms with E-state index < -0.39 is 11.5 Å². The molecule has 20 heavy (non-hydrogen) atoms. The largest absolute Gasteiger partial charge is 0.494 e. The van der Waals surface area contributed by atoms with Crippen LogP contribution in [0, 0.1) is 0 Å². The van der Waals surface area contributed by atoms with Gasteiger partial charge in [-0.3, -0.25) is 4.79 Å². The summed E-state index contributed by atoms with van der Waals surface area (Å²) in [6.45, 7) is 2.46. The Morgan fingerprint density at radius 2 is 2.00 bits per heavy atom. The average molecular weight is 274 g/mol. The van der Waals surface area contributed by atoms with Crippen molar-refractivity contribution >= 4 is 5.97 Å². The highest BCUT2D eigenvalue weighted by Crippen LogP contribution is 2.20. The van der Waals surface area contributed by atoms with E-state index in [4.69, 9.17) is 9.84 Å². The van der Waals surface area contributed by atoms with Gasteiger partial charge in [0.05, 0.1) is 12.3 Å². The standard InChI is InChI=1S/C14H14N2O4/c1-3-20-10-6-4-9(5-7-10)12-8-11(14(18)19)13(17)16(2)15-12/h4-8H,3H2,1-2H3,(H,18,19). The van der Waals surface area contributed by atoms with Crippen LogP contribution in [0.4, 0.5) is 0 Å². The number of rotatable bonds is 4. The number of aromatic carboxylic acids is 1. The fourth-order valence-corrected chi connectivity index (χ4v) is 1.79. The average Bonchev–Trinajstić information content (AvgIpc) is 2.42. The molecule has 0 amide bonds. The van der Waals surface area contributed by atoms with E-state index in [9.17, 15) is 9.59 Å². The summed E-state index contributed by atoms with van der Waals surface area (Å²) in [5.41, 5.74) is 0.206. The zero-order chi connectivity index (χ0) is 14.7. The van der Waals surface area contributed by atoms with Gasteiger partial charge in [0, 0.05) is 12.6 Å². The Kier molecular flexibility index (Phi) is 3.84. The van der Waals surface area contributed by atoms with Crippen LogP contribution in [-0.4, -0.2) is 27.5 Å². The normalized spacial score (nSPS) is 10.3. The highest BCUT2D eigenvalue weighted by molar-refractivity contribution is 5.88. The van der Waals surface area contributed by atoms with Gasteiger partial charge in [-0.25, -0.2) is 9.48 Å². The fourth-order valence-electron chi connectivity index (χ4n) is 1.79. The van der Waals surface area contributed by atoms with Crippen LogP contribution >= 0.6 is 0 Å². The summed E-state index contributed by atoms with van der Waals surface area (Å²) < 4.78 is 6.35. The molecule has 0 atom stereocenters. The van der Waals surface area contributed by atoms with Gasteiger partial charge < -0.3 is 9.84 Å². The number of nitrogens with zero attached hydrogens (tertiary/aromatic N) is 2. The van der Waals surface area contributed by atoms with Gasteiger partial charge >= 0.3 is 5.97 Å². The van der Waals surface area contributed by atoms with Crippen molar-refractivity contribution in [3.05, 3.63) is 46.2 Å². The summed E-state index contributed by atoms with van der Waals surface area (Å²) in [4.78, 5) is 22.7. The van der Waals surface area contributed by atoms with E-state index in [0.29, 0.717) is 17.9 Å². The fraction of sp³-hybridized carbons (Fsp3) is 0.214. The van der Waals surface area contributed by atoms with Crippen LogP contribution in [0.15, 0.2) is 35.1 Å². The number of ether oxygens (including phenoxy) is 1. The molecule has 0 aliphatic rings. The smallest absolute Gasteiger partial charge is 0.341 e. The van der Waals surface area contributed by atoms with Crippen molar-refractivity contribution in [2.75, 3.05) is 6.61 Å². The summed E-state index contributed by atoms with van der Waals surface area (Å²) in [6.07, 6.45) is 0. The second-order valence-corrected chi connectivity index (χ2v) is 4.13. The molecule has 0 bridgehead atoms. The number of aryl methyl sites for hydroxylation is 1. The number of hydrogen-bond acceptors (Lipinski definition) is 4. The predicted molar refractivity (Wildman–Crippen MR) is 73.0 cm³/mol. The molecule has 0 saturated carbocycles. The molecule has 1 N–H and O–H groups in total. The van der Waals surface area contributed by atoms with Crippen LogP contribution in [0.5, 0.6) is 5.75 Å². The maximum absolute atomic E-state index is 11.6. The van der Waals surface area contributed by atoms with Gasteiger partial charge in [0.2, 0.25) is 0 Å². The molecule has 1 aromatic heterocycles. The third-order valence-electron chi connectivity index (χ3n) is 2.75. The first-order valence-electron chi connectivity index (χ1n) is 6.07. The van der Waals surface area contributed by atoms with Crippen molar-refractivity contribution in [3.8, 4) is 17.0 Å². The van der Waals surface area contributed by atoms with Crippen molar-refractivity contribution in [2.45, 2.75) is 6.92 Å². The molecule has 0 aliphatic carbocycles. The molecule has 1 aromatic carbocycles.